The van der Waals surface area contributed by atoms with Crippen LogP contribution in [0.2, 0.25) is 5.02 Å². The molecule has 0 saturated carbocycles. The van der Waals surface area contributed by atoms with E-state index in [9.17, 15) is 5.11 Å². The van der Waals surface area contributed by atoms with Gasteiger partial charge in [0.15, 0.2) is 0 Å². The molecule has 2 rings (SSSR count). The van der Waals surface area contributed by atoms with Gasteiger partial charge >= 0.3 is 0 Å². The fraction of sp³-hybridized carbons (Fsp3) is 0.143. The minimum Gasteiger partial charge on any atom is -0.506 e. The summed E-state index contributed by atoms with van der Waals surface area (Å²) in [6, 6.07) is 10.7. The summed E-state index contributed by atoms with van der Waals surface area (Å²) in [5, 5.41) is 10.7. The second-order valence-electron chi connectivity index (χ2n) is 3.73. The Bertz CT molecular complexity index is 570. The van der Waals surface area contributed by atoms with Crippen molar-refractivity contribution in [2.45, 2.75) is 9.79 Å². The van der Waals surface area contributed by atoms with Crippen LogP contribution in [0.5, 0.6) is 17.2 Å². The summed E-state index contributed by atoms with van der Waals surface area (Å²) in [5.41, 5.74) is 0. The zero-order valence-corrected chi connectivity index (χ0v) is 12.1. The molecule has 0 heterocycles. The fourth-order valence-corrected chi connectivity index (χ4v) is 2.60. The first kappa shape index (κ1) is 13.9. The Morgan fingerprint density at radius 3 is 2.32 bits per heavy atom. The number of rotatable bonds is 4. The van der Waals surface area contributed by atoms with Crippen molar-refractivity contribution >= 4 is 23.4 Å². The molecule has 0 spiro atoms. The van der Waals surface area contributed by atoms with Crippen LogP contribution in [0.1, 0.15) is 0 Å². The van der Waals surface area contributed by atoms with Crippen molar-refractivity contribution in [3.63, 3.8) is 0 Å². The van der Waals surface area contributed by atoms with Crippen LogP contribution in [0.15, 0.2) is 46.2 Å². The van der Waals surface area contributed by atoms with E-state index in [4.69, 9.17) is 21.1 Å². The van der Waals surface area contributed by atoms with E-state index in [0.29, 0.717) is 21.4 Å². The highest BCUT2D eigenvalue weighted by Crippen LogP contribution is 2.43. The molecule has 0 aliphatic heterocycles. The largest absolute Gasteiger partial charge is 0.506 e. The average molecular weight is 297 g/mol. The molecule has 19 heavy (non-hydrogen) atoms. The number of aromatic hydroxyl groups is 1. The lowest BCUT2D eigenvalue weighted by Gasteiger charge is -2.12. The summed E-state index contributed by atoms with van der Waals surface area (Å²) in [4.78, 5) is 1.61. The van der Waals surface area contributed by atoms with Gasteiger partial charge in [0.1, 0.15) is 17.2 Å². The lowest BCUT2D eigenvalue weighted by molar-refractivity contribution is 0.373. The van der Waals surface area contributed by atoms with Gasteiger partial charge < -0.3 is 14.6 Å². The summed E-state index contributed by atoms with van der Waals surface area (Å²) in [6.45, 7) is 0. The normalized spacial score (nSPS) is 10.3. The molecule has 0 atom stereocenters. The Morgan fingerprint density at radius 1 is 1.05 bits per heavy atom. The molecule has 0 saturated heterocycles. The number of methoxy groups -OCH3 is 2. The van der Waals surface area contributed by atoms with Gasteiger partial charge in [0.2, 0.25) is 0 Å². The van der Waals surface area contributed by atoms with E-state index in [0.717, 1.165) is 4.90 Å². The summed E-state index contributed by atoms with van der Waals surface area (Å²) in [6.07, 6.45) is 0. The zero-order valence-electron chi connectivity index (χ0n) is 10.5. The molecule has 0 fully saturated rings. The smallest absolute Gasteiger partial charge is 0.140 e. The van der Waals surface area contributed by atoms with Crippen LogP contribution in [0.25, 0.3) is 0 Å². The highest BCUT2D eigenvalue weighted by molar-refractivity contribution is 7.99. The third-order valence-electron chi connectivity index (χ3n) is 2.50. The van der Waals surface area contributed by atoms with Crippen LogP contribution in [-0.2, 0) is 0 Å². The number of phenolic OH excluding ortho intramolecular Hbond substituents is 1. The maximum absolute atomic E-state index is 10.0. The van der Waals surface area contributed by atoms with Crippen molar-refractivity contribution in [1.29, 1.82) is 0 Å². The highest BCUT2D eigenvalue weighted by Gasteiger charge is 2.13. The molecule has 5 heteroatoms. The lowest BCUT2D eigenvalue weighted by atomic mass is 10.3. The minimum atomic E-state index is 0.121. The van der Waals surface area contributed by atoms with Crippen molar-refractivity contribution in [3.8, 4) is 17.2 Å². The van der Waals surface area contributed by atoms with Gasteiger partial charge in [0.05, 0.1) is 19.1 Å². The number of benzene rings is 2. The van der Waals surface area contributed by atoms with Crippen LogP contribution in [0.4, 0.5) is 0 Å². The van der Waals surface area contributed by atoms with E-state index >= 15 is 0 Å². The SMILES string of the molecule is COc1cc(O)c(Sc2ccc(Cl)cc2)c(OC)c1. The van der Waals surface area contributed by atoms with Crippen LogP contribution < -0.4 is 9.47 Å². The van der Waals surface area contributed by atoms with Gasteiger partial charge in [-0.1, -0.05) is 23.4 Å². The summed E-state index contributed by atoms with van der Waals surface area (Å²) >= 11 is 7.25. The predicted octanol–water partition coefficient (Wildman–Crippen LogP) is 4.21. The van der Waals surface area contributed by atoms with Crippen molar-refractivity contribution in [1.82, 2.24) is 0 Å². The molecule has 2 aromatic rings. The molecule has 0 aliphatic carbocycles. The van der Waals surface area contributed by atoms with Gasteiger partial charge in [-0.25, -0.2) is 0 Å². The summed E-state index contributed by atoms with van der Waals surface area (Å²) in [5.74, 6) is 1.24. The monoisotopic (exact) mass is 296 g/mol. The number of ether oxygens (including phenoxy) is 2. The maximum Gasteiger partial charge on any atom is 0.140 e. The molecule has 2 aromatic carbocycles. The van der Waals surface area contributed by atoms with Crippen molar-refractivity contribution in [2.75, 3.05) is 14.2 Å². The van der Waals surface area contributed by atoms with E-state index in [1.54, 1.807) is 38.5 Å². The summed E-state index contributed by atoms with van der Waals surface area (Å²) in [7, 11) is 3.10. The van der Waals surface area contributed by atoms with Crippen LogP contribution in [0, 0.1) is 0 Å². The Hall–Kier alpha value is -1.52. The molecule has 0 radical (unpaired) electrons. The van der Waals surface area contributed by atoms with E-state index < -0.39 is 0 Å². The molecule has 0 aliphatic rings. The van der Waals surface area contributed by atoms with Gasteiger partial charge in [-0.15, -0.1) is 0 Å². The number of hydrogen-bond donors (Lipinski definition) is 1. The number of halogens is 1. The molecular weight excluding hydrogens is 284 g/mol. The highest BCUT2D eigenvalue weighted by atomic mass is 35.5. The van der Waals surface area contributed by atoms with E-state index in [1.165, 1.54) is 11.8 Å². The van der Waals surface area contributed by atoms with Crippen molar-refractivity contribution in [2.24, 2.45) is 0 Å². The summed E-state index contributed by atoms with van der Waals surface area (Å²) < 4.78 is 10.4. The Morgan fingerprint density at radius 2 is 1.74 bits per heavy atom. The van der Waals surface area contributed by atoms with Crippen molar-refractivity contribution < 1.29 is 14.6 Å². The molecular formula is C14H13ClO3S. The number of phenols is 1. The first-order chi connectivity index (χ1) is 9.13. The maximum atomic E-state index is 10.0. The Kier molecular flexibility index (Phi) is 4.45. The average Bonchev–Trinajstić information content (AvgIpc) is 2.43. The first-order valence-corrected chi connectivity index (χ1v) is 6.72. The molecule has 100 valence electrons. The first-order valence-electron chi connectivity index (χ1n) is 5.52. The van der Waals surface area contributed by atoms with E-state index in [-0.39, 0.29) is 5.75 Å². The fourth-order valence-electron chi connectivity index (χ4n) is 1.56. The predicted molar refractivity (Wildman–Crippen MR) is 76.8 cm³/mol. The Labute approximate surface area is 121 Å². The van der Waals surface area contributed by atoms with Gasteiger partial charge in [-0.2, -0.15) is 0 Å². The van der Waals surface area contributed by atoms with Gasteiger partial charge in [0, 0.05) is 22.1 Å². The Balaban J connectivity index is 2.36. The third kappa shape index (κ3) is 3.28. The molecule has 0 bridgehead atoms. The van der Waals surface area contributed by atoms with Gasteiger partial charge in [0.25, 0.3) is 0 Å². The topological polar surface area (TPSA) is 38.7 Å². The van der Waals surface area contributed by atoms with E-state index in [2.05, 4.69) is 0 Å². The molecule has 0 aromatic heterocycles. The molecule has 3 nitrogen and oxygen atoms in total. The minimum absolute atomic E-state index is 0.121. The van der Waals surface area contributed by atoms with Crippen LogP contribution in [-0.4, -0.2) is 19.3 Å². The van der Waals surface area contributed by atoms with Gasteiger partial charge in [-0.05, 0) is 24.3 Å². The molecule has 0 unspecified atom stereocenters. The number of hydrogen-bond acceptors (Lipinski definition) is 4. The second kappa shape index (κ2) is 6.08. The lowest BCUT2D eigenvalue weighted by Crippen LogP contribution is -1.90. The van der Waals surface area contributed by atoms with Crippen LogP contribution in [0.3, 0.4) is 0 Å². The standard InChI is InChI=1S/C14H13ClO3S/c1-17-10-7-12(16)14(13(8-10)18-2)19-11-5-3-9(15)4-6-11/h3-8,16H,1-2H3. The van der Waals surface area contributed by atoms with Crippen molar-refractivity contribution in [3.05, 3.63) is 41.4 Å². The quantitative estimate of drug-likeness (QED) is 0.917. The second-order valence-corrected chi connectivity index (χ2v) is 5.25. The van der Waals surface area contributed by atoms with E-state index in [1.807, 2.05) is 12.1 Å². The van der Waals surface area contributed by atoms with Crippen LogP contribution >= 0.6 is 23.4 Å². The zero-order chi connectivity index (χ0) is 13.8. The van der Waals surface area contributed by atoms with Gasteiger partial charge in [-0.3, -0.25) is 0 Å². The third-order valence-corrected chi connectivity index (χ3v) is 3.87. The molecule has 1 N–H and O–H groups in total. The molecule has 0 amide bonds.